The van der Waals surface area contributed by atoms with Gasteiger partial charge in [0.15, 0.2) is 5.75 Å². The monoisotopic (exact) mass is 240 g/mol. The van der Waals surface area contributed by atoms with Crippen LogP contribution in [0.1, 0.15) is 0 Å². The lowest BCUT2D eigenvalue weighted by molar-refractivity contribution is 0.481. The molecule has 0 aliphatic heterocycles. The van der Waals surface area contributed by atoms with Gasteiger partial charge in [-0.15, -0.1) is 12.6 Å². The Bertz CT molecular complexity index is 484. The number of aromatic nitrogens is 2. The second-order valence-electron chi connectivity index (χ2n) is 3.04. The number of halogens is 1. The lowest BCUT2D eigenvalue weighted by Crippen LogP contribution is -1.85. The molecule has 0 saturated carbocycles. The van der Waals surface area contributed by atoms with Crippen LogP contribution >= 0.6 is 24.2 Å². The number of benzene rings is 1. The van der Waals surface area contributed by atoms with Crippen molar-refractivity contribution < 1.29 is 4.74 Å². The quantitative estimate of drug-likeness (QED) is 0.817. The number of rotatable bonds is 2. The van der Waals surface area contributed by atoms with Crippen molar-refractivity contribution in [1.82, 2.24) is 9.78 Å². The average molecular weight is 241 g/mol. The Morgan fingerprint density at radius 2 is 2.27 bits per heavy atom. The van der Waals surface area contributed by atoms with Gasteiger partial charge in [-0.2, -0.15) is 5.10 Å². The summed E-state index contributed by atoms with van der Waals surface area (Å²) < 4.78 is 7.21. The zero-order valence-electron chi connectivity index (χ0n) is 8.01. The molecule has 3 nitrogen and oxygen atoms in total. The Morgan fingerprint density at radius 3 is 2.93 bits per heavy atom. The van der Waals surface area contributed by atoms with E-state index in [4.69, 9.17) is 16.3 Å². The molecule has 5 heteroatoms. The third-order valence-electron chi connectivity index (χ3n) is 1.85. The molecule has 0 amide bonds. The van der Waals surface area contributed by atoms with Gasteiger partial charge in [-0.05, 0) is 12.1 Å². The van der Waals surface area contributed by atoms with Gasteiger partial charge in [0.1, 0.15) is 5.75 Å². The summed E-state index contributed by atoms with van der Waals surface area (Å²) in [7, 11) is 1.82. The van der Waals surface area contributed by atoms with Crippen LogP contribution in [0.25, 0.3) is 0 Å². The van der Waals surface area contributed by atoms with E-state index in [1.807, 2.05) is 19.2 Å². The largest absolute Gasteiger partial charge is 0.452 e. The fourth-order valence-corrected chi connectivity index (χ4v) is 1.52. The van der Waals surface area contributed by atoms with Crippen LogP contribution in [0.15, 0.2) is 35.5 Å². The summed E-state index contributed by atoms with van der Waals surface area (Å²) in [5.74, 6) is 1.23. The fraction of sp³-hybridized carbons (Fsp3) is 0.100. The van der Waals surface area contributed by atoms with Crippen LogP contribution < -0.4 is 4.74 Å². The van der Waals surface area contributed by atoms with E-state index in [1.54, 1.807) is 23.1 Å². The Labute approximate surface area is 98.0 Å². The molecule has 0 bridgehead atoms. The first-order valence-corrected chi connectivity index (χ1v) is 5.13. The second kappa shape index (κ2) is 4.16. The zero-order chi connectivity index (χ0) is 10.8. The lowest BCUT2D eigenvalue weighted by Gasteiger charge is -2.05. The lowest BCUT2D eigenvalue weighted by atomic mass is 10.3. The summed E-state index contributed by atoms with van der Waals surface area (Å²) in [5, 5.41) is 4.50. The Kier molecular flexibility index (Phi) is 2.88. The molecule has 0 atom stereocenters. The highest BCUT2D eigenvalue weighted by atomic mass is 35.5. The van der Waals surface area contributed by atoms with Gasteiger partial charge in [0.05, 0.1) is 17.4 Å². The molecule has 0 fully saturated rings. The summed E-state index contributed by atoms with van der Waals surface area (Å²) in [6.45, 7) is 0. The maximum Gasteiger partial charge on any atom is 0.165 e. The molecule has 0 aliphatic carbocycles. The van der Waals surface area contributed by atoms with Gasteiger partial charge in [0.2, 0.25) is 0 Å². The SMILES string of the molecule is Cn1cc(Oc2cccc(S)c2Cl)cn1. The predicted octanol–water partition coefficient (Wildman–Crippen LogP) is 3.15. The molecule has 78 valence electrons. The number of nitrogens with zero attached hydrogens (tertiary/aromatic N) is 2. The van der Waals surface area contributed by atoms with Gasteiger partial charge < -0.3 is 4.74 Å². The first-order valence-electron chi connectivity index (χ1n) is 4.31. The van der Waals surface area contributed by atoms with Crippen molar-refractivity contribution in [3.8, 4) is 11.5 Å². The first kappa shape index (κ1) is 10.4. The van der Waals surface area contributed by atoms with Crippen LogP contribution in [0.3, 0.4) is 0 Å². The molecule has 1 aromatic carbocycles. The van der Waals surface area contributed by atoms with E-state index in [1.165, 1.54) is 0 Å². The van der Waals surface area contributed by atoms with Crippen molar-refractivity contribution in [2.75, 3.05) is 0 Å². The van der Waals surface area contributed by atoms with E-state index in [-0.39, 0.29) is 0 Å². The normalized spacial score (nSPS) is 10.3. The van der Waals surface area contributed by atoms with E-state index in [0.717, 1.165) is 0 Å². The van der Waals surface area contributed by atoms with Gasteiger partial charge in [-0.3, -0.25) is 4.68 Å². The summed E-state index contributed by atoms with van der Waals surface area (Å²) in [4.78, 5) is 0.693. The van der Waals surface area contributed by atoms with Crippen molar-refractivity contribution >= 4 is 24.2 Å². The van der Waals surface area contributed by atoms with Gasteiger partial charge in [-0.25, -0.2) is 0 Å². The minimum absolute atomic E-state index is 0.504. The van der Waals surface area contributed by atoms with E-state index in [2.05, 4.69) is 17.7 Å². The highest BCUT2D eigenvalue weighted by Gasteiger charge is 2.06. The van der Waals surface area contributed by atoms with Gasteiger partial charge in [0.25, 0.3) is 0 Å². The van der Waals surface area contributed by atoms with Crippen LogP contribution in [0.2, 0.25) is 5.02 Å². The van der Waals surface area contributed by atoms with Crippen molar-refractivity contribution in [1.29, 1.82) is 0 Å². The minimum atomic E-state index is 0.504. The standard InChI is InChI=1S/C10H9ClN2OS/c1-13-6-7(5-12-13)14-8-3-2-4-9(15)10(8)11/h2-6,15H,1H3. The van der Waals surface area contributed by atoms with E-state index in [0.29, 0.717) is 21.4 Å². The van der Waals surface area contributed by atoms with E-state index >= 15 is 0 Å². The Hall–Kier alpha value is -1.13. The molecule has 0 unspecified atom stereocenters. The summed E-state index contributed by atoms with van der Waals surface area (Å²) in [5.41, 5.74) is 0. The van der Waals surface area contributed by atoms with Gasteiger partial charge in [0, 0.05) is 11.9 Å². The summed E-state index contributed by atoms with van der Waals surface area (Å²) in [6, 6.07) is 5.43. The third kappa shape index (κ3) is 2.27. The zero-order valence-corrected chi connectivity index (χ0v) is 9.66. The number of thiol groups is 1. The second-order valence-corrected chi connectivity index (χ2v) is 3.90. The molecule has 2 rings (SSSR count). The molecule has 1 heterocycles. The highest BCUT2D eigenvalue weighted by Crippen LogP contribution is 2.33. The Morgan fingerprint density at radius 1 is 1.47 bits per heavy atom. The van der Waals surface area contributed by atoms with Gasteiger partial charge >= 0.3 is 0 Å². The topological polar surface area (TPSA) is 27.1 Å². The molecule has 1 aromatic heterocycles. The predicted molar refractivity (Wildman–Crippen MR) is 62.0 cm³/mol. The third-order valence-corrected chi connectivity index (χ3v) is 2.75. The summed E-state index contributed by atoms with van der Waals surface area (Å²) in [6.07, 6.45) is 3.39. The molecule has 0 saturated heterocycles. The molecule has 0 aliphatic rings. The van der Waals surface area contributed by atoms with Crippen LogP contribution in [0.5, 0.6) is 11.5 Å². The van der Waals surface area contributed by atoms with Crippen molar-refractivity contribution in [3.63, 3.8) is 0 Å². The number of ether oxygens (including phenoxy) is 1. The highest BCUT2D eigenvalue weighted by molar-refractivity contribution is 7.80. The van der Waals surface area contributed by atoms with Crippen molar-refractivity contribution in [3.05, 3.63) is 35.6 Å². The van der Waals surface area contributed by atoms with Gasteiger partial charge in [-0.1, -0.05) is 17.7 Å². The fourth-order valence-electron chi connectivity index (χ4n) is 1.16. The number of hydrogen-bond acceptors (Lipinski definition) is 3. The van der Waals surface area contributed by atoms with Crippen LogP contribution in [0.4, 0.5) is 0 Å². The van der Waals surface area contributed by atoms with Crippen LogP contribution in [0, 0.1) is 0 Å². The molecule has 0 radical (unpaired) electrons. The molecule has 15 heavy (non-hydrogen) atoms. The van der Waals surface area contributed by atoms with Crippen LogP contribution in [-0.4, -0.2) is 9.78 Å². The van der Waals surface area contributed by atoms with Crippen molar-refractivity contribution in [2.45, 2.75) is 4.90 Å². The van der Waals surface area contributed by atoms with E-state index in [9.17, 15) is 0 Å². The summed E-state index contributed by atoms with van der Waals surface area (Å²) >= 11 is 10.2. The first-order chi connectivity index (χ1) is 7.16. The minimum Gasteiger partial charge on any atom is -0.452 e. The molecule has 2 aromatic rings. The number of hydrogen-bond donors (Lipinski definition) is 1. The van der Waals surface area contributed by atoms with Crippen molar-refractivity contribution in [2.24, 2.45) is 7.05 Å². The molecular weight excluding hydrogens is 232 g/mol. The molecule has 0 N–H and O–H groups in total. The van der Waals surface area contributed by atoms with Crippen LogP contribution in [-0.2, 0) is 7.05 Å². The smallest absolute Gasteiger partial charge is 0.165 e. The average Bonchev–Trinajstić information content (AvgIpc) is 2.59. The number of aryl methyl sites for hydroxylation is 1. The van der Waals surface area contributed by atoms with E-state index < -0.39 is 0 Å². The molecular formula is C10H9ClN2OS. The Balaban J connectivity index is 2.28. The maximum atomic E-state index is 6.02. The molecule has 0 spiro atoms. The maximum absolute atomic E-state index is 6.02.